The molecule has 9 nitrogen and oxygen atoms in total. The minimum atomic E-state index is -3.76. The lowest BCUT2D eigenvalue weighted by molar-refractivity contribution is -0.384. The zero-order valence-electron chi connectivity index (χ0n) is 12.7. The molecular weight excluding hydrogens is 360 g/mol. The van der Waals surface area contributed by atoms with Gasteiger partial charge in [0.15, 0.2) is 0 Å². The Kier molecular flexibility index (Phi) is 7.55. The molecule has 134 valence electrons. The molecule has 1 heterocycles. The molecule has 1 aliphatic rings. The predicted octanol–water partition coefficient (Wildman–Crippen LogP) is 0.163. The summed E-state index contributed by atoms with van der Waals surface area (Å²) >= 11 is 0. The standard InChI is InChI=1S/C13H18N4O5S.ClH/c18-13(12-2-1-7-14-12)15-8-9-16-23(21,22)11-5-3-10(4-6-11)17(19)20;/h3-6,12,14,16H,1-2,7-9H2,(H,15,18);1H. The maximum absolute atomic E-state index is 12.0. The number of non-ortho nitro benzene ring substituents is 1. The Morgan fingerprint density at radius 1 is 1.29 bits per heavy atom. The number of benzene rings is 1. The number of nitrogens with one attached hydrogen (secondary N) is 3. The summed E-state index contributed by atoms with van der Waals surface area (Å²) in [5.74, 6) is -0.142. The lowest BCUT2D eigenvalue weighted by atomic mass is 10.2. The van der Waals surface area contributed by atoms with Gasteiger partial charge in [0.2, 0.25) is 15.9 Å². The molecule has 0 spiro atoms. The largest absolute Gasteiger partial charge is 0.353 e. The van der Waals surface area contributed by atoms with Crippen LogP contribution in [-0.2, 0) is 14.8 Å². The topological polar surface area (TPSA) is 130 Å². The molecule has 11 heteroatoms. The van der Waals surface area contributed by atoms with Crippen LogP contribution in [0.1, 0.15) is 12.8 Å². The summed E-state index contributed by atoms with van der Waals surface area (Å²) in [5, 5.41) is 16.2. The van der Waals surface area contributed by atoms with Crippen LogP contribution in [0.25, 0.3) is 0 Å². The molecule has 0 saturated carbocycles. The van der Waals surface area contributed by atoms with Crippen LogP contribution in [-0.4, -0.2) is 44.9 Å². The lowest BCUT2D eigenvalue weighted by Crippen LogP contribution is -2.43. The molecule has 1 aromatic rings. The van der Waals surface area contributed by atoms with E-state index in [0.29, 0.717) is 0 Å². The SMILES string of the molecule is Cl.O=C(NCCNS(=O)(=O)c1ccc([N+](=O)[O-])cc1)C1CCCN1. The Bertz CT molecular complexity index is 674. The summed E-state index contributed by atoms with van der Waals surface area (Å²) in [6, 6.07) is 4.38. The van der Waals surface area contributed by atoms with Gasteiger partial charge in [0, 0.05) is 25.2 Å². The molecule has 1 aliphatic heterocycles. The van der Waals surface area contributed by atoms with Gasteiger partial charge in [-0.3, -0.25) is 14.9 Å². The fraction of sp³-hybridized carbons (Fsp3) is 0.462. The van der Waals surface area contributed by atoms with E-state index in [1.807, 2.05) is 0 Å². The van der Waals surface area contributed by atoms with Crippen molar-refractivity contribution >= 4 is 34.0 Å². The molecule has 1 atom stereocenters. The molecule has 1 amide bonds. The number of nitrogens with zero attached hydrogens (tertiary/aromatic N) is 1. The highest BCUT2D eigenvalue weighted by atomic mass is 35.5. The molecular formula is C13H19ClN4O5S. The Morgan fingerprint density at radius 3 is 2.50 bits per heavy atom. The van der Waals surface area contributed by atoms with Gasteiger partial charge in [0.1, 0.15) is 0 Å². The van der Waals surface area contributed by atoms with E-state index >= 15 is 0 Å². The van der Waals surface area contributed by atoms with E-state index in [2.05, 4.69) is 15.4 Å². The first kappa shape index (κ1) is 20.3. The highest BCUT2D eigenvalue weighted by Gasteiger charge is 2.21. The van der Waals surface area contributed by atoms with Crippen LogP contribution < -0.4 is 15.4 Å². The first-order chi connectivity index (χ1) is 10.9. The number of carbonyl (C=O) groups excluding carboxylic acids is 1. The van der Waals surface area contributed by atoms with Crippen molar-refractivity contribution in [2.45, 2.75) is 23.8 Å². The third kappa shape index (κ3) is 5.41. The van der Waals surface area contributed by atoms with Crippen molar-refractivity contribution in [3.8, 4) is 0 Å². The van der Waals surface area contributed by atoms with E-state index in [9.17, 15) is 23.3 Å². The summed E-state index contributed by atoms with van der Waals surface area (Å²) in [7, 11) is -3.76. The van der Waals surface area contributed by atoms with E-state index in [1.165, 1.54) is 12.1 Å². The third-order valence-electron chi connectivity index (χ3n) is 3.45. The molecule has 0 radical (unpaired) electrons. The van der Waals surface area contributed by atoms with Gasteiger partial charge in [-0.05, 0) is 31.5 Å². The van der Waals surface area contributed by atoms with Gasteiger partial charge < -0.3 is 10.6 Å². The second-order valence-electron chi connectivity index (χ2n) is 5.09. The Labute approximate surface area is 145 Å². The van der Waals surface area contributed by atoms with Crippen molar-refractivity contribution in [2.75, 3.05) is 19.6 Å². The van der Waals surface area contributed by atoms with Gasteiger partial charge in [-0.2, -0.15) is 0 Å². The highest BCUT2D eigenvalue weighted by Crippen LogP contribution is 2.15. The average molecular weight is 379 g/mol. The predicted molar refractivity (Wildman–Crippen MR) is 89.6 cm³/mol. The smallest absolute Gasteiger partial charge is 0.269 e. The fourth-order valence-corrected chi connectivity index (χ4v) is 3.26. The second kappa shape index (κ2) is 8.92. The molecule has 1 fully saturated rings. The number of sulfonamides is 1. The van der Waals surface area contributed by atoms with E-state index < -0.39 is 14.9 Å². The van der Waals surface area contributed by atoms with Crippen LogP contribution in [0.4, 0.5) is 5.69 Å². The highest BCUT2D eigenvalue weighted by molar-refractivity contribution is 7.89. The van der Waals surface area contributed by atoms with Crippen molar-refractivity contribution in [1.82, 2.24) is 15.4 Å². The number of hydrogen-bond donors (Lipinski definition) is 3. The minimum Gasteiger partial charge on any atom is -0.353 e. The van der Waals surface area contributed by atoms with Crippen molar-refractivity contribution in [2.24, 2.45) is 0 Å². The summed E-state index contributed by atoms with van der Waals surface area (Å²) < 4.78 is 26.4. The monoisotopic (exact) mass is 378 g/mol. The van der Waals surface area contributed by atoms with Gasteiger partial charge >= 0.3 is 0 Å². The normalized spacial score (nSPS) is 17.1. The molecule has 1 aromatic carbocycles. The molecule has 1 unspecified atom stereocenters. The molecule has 0 bridgehead atoms. The third-order valence-corrected chi connectivity index (χ3v) is 4.93. The summed E-state index contributed by atoms with van der Waals surface area (Å²) in [6.07, 6.45) is 1.73. The van der Waals surface area contributed by atoms with Crippen LogP contribution in [0.5, 0.6) is 0 Å². The van der Waals surface area contributed by atoms with Gasteiger partial charge in [0.05, 0.1) is 15.9 Å². The van der Waals surface area contributed by atoms with Gasteiger partial charge in [-0.25, -0.2) is 13.1 Å². The van der Waals surface area contributed by atoms with E-state index in [1.54, 1.807) is 0 Å². The zero-order chi connectivity index (χ0) is 16.9. The average Bonchev–Trinajstić information content (AvgIpc) is 3.06. The summed E-state index contributed by atoms with van der Waals surface area (Å²) in [5.41, 5.74) is -0.180. The summed E-state index contributed by atoms with van der Waals surface area (Å²) in [6.45, 7) is 1.02. The first-order valence-electron chi connectivity index (χ1n) is 7.15. The van der Waals surface area contributed by atoms with Crippen LogP contribution in [0, 0.1) is 10.1 Å². The van der Waals surface area contributed by atoms with E-state index in [4.69, 9.17) is 0 Å². The molecule has 24 heavy (non-hydrogen) atoms. The number of nitro benzene ring substituents is 1. The molecule has 2 rings (SSSR count). The quantitative estimate of drug-likeness (QED) is 0.352. The first-order valence-corrected chi connectivity index (χ1v) is 8.64. The number of halogens is 1. The van der Waals surface area contributed by atoms with Gasteiger partial charge in [-0.15, -0.1) is 12.4 Å². The number of nitro groups is 1. The number of hydrogen-bond acceptors (Lipinski definition) is 6. The summed E-state index contributed by atoms with van der Waals surface area (Å²) in [4.78, 5) is 21.6. The van der Waals surface area contributed by atoms with Crippen molar-refractivity contribution in [1.29, 1.82) is 0 Å². The van der Waals surface area contributed by atoms with Crippen LogP contribution in [0.3, 0.4) is 0 Å². The Balaban J connectivity index is 0.00000288. The maximum Gasteiger partial charge on any atom is 0.269 e. The van der Waals surface area contributed by atoms with Crippen molar-refractivity contribution in [3.63, 3.8) is 0 Å². The molecule has 1 saturated heterocycles. The number of amides is 1. The maximum atomic E-state index is 12.0. The van der Waals surface area contributed by atoms with Gasteiger partial charge in [0.25, 0.3) is 5.69 Å². The van der Waals surface area contributed by atoms with Crippen molar-refractivity contribution < 1.29 is 18.1 Å². The van der Waals surface area contributed by atoms with Crippen LogP contribution in [0.2, 0.25) is 0 Å². The Morgan fingerprint density at radius 2 is 1.96 bits per heavy atom. The van der Waals surface area contributed by atoms with E-state index in [0.717, 1.165) is 31.5 Å². The van der Waals surface area contributed by atoms with Gasteiger partial charge in [-0.1, -0.05) is 0 Å². The fourth-order valence-electron chi connectivity index (χ4n) is 2.23. The molecule has 0 aliphatic carbocycles. The zero-order valence-corrected chi connectivity index (χ0v) is 14.4. The van der Waals surface area contributed by atoms with Crippen LogP contribution in [0.15, 0.2) is 29.2 Å². The molecule has 3 N–H and O–H groups in total. The minimum absolute atomic E-state index is 0. The molecule has 0 aromatic heterocycles. The second-order valence-corrected chi connectivity index (χ2v) is 6.86. The van der Waals surface area contributed by atoms with E-state index in [-0.39, 0.29) is 48.0 Å². The lowest BCUT2D eigenvalue weighted by Gasteiger charge is -2.11. The number of rotatable bonds is 7. The Hall–Kier alpha value is -1.75. The van der Waals surface area contributed by atoms with Crippen LogP contribution >= 0.6 is 12.4 Å². The van der Waals surface area contributed by atoms with Crippen molar-refractivity contribution in [3.05, 3.63) is 34.4 Å². The number of carbonyl (C=O) groups is 1.